The minimum Gasteiger partial charge on any atom is -0.483 e. The molecule has 1 amide bonds. The van der Waals surface area contributed by atoms with E-state index in [9.17, 15) is 4.79 Å². The van der Waals surface area contributed by atoms with Gasteiger partial charge in [0.1, 0.15) is 5.75 Å². The first-order valence-corrected chi connectivity index (χ1v) is 8.82. The van der Waals surface area contributed by atoms with E-state index in [0.717, 1.165) is 21.3 Å². The van der Waals surface area contributed by atoms with Crippen molar-refractivity contribution in [2.45, 2.75) is 20.4 Å². The molecule has 0 spiro atoms. The number of aryl methyl sites for hydroxylation is 2. The average molecular weight is 416 g/mol. The molecule has 0 atom stereocenters. The van der Waals surface area contributed by atoms with Crippen LogP contribution >= 0.6 is 15.9 Å². The van der Waals surface area contributed by atoms with Crippen LogP contribution in [0.5, 0.6) is 5.75 Å². The fourth-order valence-corrected chi connectivity index (χ4v) is 2.60. The number of rotatable bonds is 6. The van der Waals surface area contributed by atoms with Crippen molar-refractivity contribution in [3.05, 3.63) is 63.9 Å². The summed E-state index contributed by atoms with van der Waals surface area (Å²) in [5.74, 6) is 1.00. The van der Waals surface area contributed by atoms with E-state index in [1.165, 1.54) is 0 Å². The predicted molar refractivity (Wildman–Crippen MR) is 100 cm³/mol. The molecule has 26 heavy (non-hydrogen) atoms. The van der Waals surface area contributed by atoms with Gasteiger partial charge in [0.15, 0.2) is 12.4 Å². The van der Waals surface area contributed by atoms with Crippen molar-refractivity contribution in [2.24, 2.45) is 0 Å². The number of aromatic nitrogens is 4. The molecule has 0 saturated carbocycles. The molecule has 134 valence electrons. The molecule has 0 aliphatic rings. The van der Waals surface area contributed by atoms with E-state index >= 15 is 0 Å². The summed E-state index contributed by atoms with van der Waals surface area (Å²) in [6.45, 7) is 4.07. The number of ether oxygens (including phenoxy) is 1. The molecule has 1 aromatic heterocycles. The van der Waals surface area contributed by atoms with Crippen LogP contribution < -0.4 is 10.1 Å². The van der Waals surface area contributed by atoms with E-state index in [-0.39, 0.29) is 19.1 Å². The van der Waals surface area contributed by atoms with Crippen LogP contribution in [0.2, 0.25) is 0 Å². The summed E-state index contributed by atoms with van der Waals surface area (Å²) >= 11 is 3.39. The van der Waals surface area contributed by atoms with Crippen LogP contribution in [-0.4, -0.2) is 32.7 Å². The Hall–Kier alpha value is -2.74. The van der Waals surface area contributed by atoms with Gasteiger partial charge in [-0.15, -0.1) is 5.10 Å². The zero-order valence-electron chi connectivity index (χ0n) is 14.4. The minimum atomic E-state index is -0.240. The summed E-state index contributed by atoms with van der Waals surface area (Å²) in [6, 6.07) is 13.5. The molecule has 3 aromatic rings. The Balaban J connectivity index is 1.58. The lowest BCUT2D eigenvalue weighted by Gasteiger charge is -2.10. The highest BCUT2D eigenvalue weighted by Crippen LogP contribution is 2.19. The number of hydrogen-bond donors (Lipinski definition) is 1. The highest BCUT2D eigenvalue weighted by molar-refractivity contribution is 9.10. The number of hydrogen-bond acceptors (Lipinski definition) is 5. The number of carbonyl (C=O) groups is 1. The summed E-state index contributed by atoms with van der Waals surface area (Å²) in [6.07, 6.45) is 0. The van der Waals surface area contributed by atoms with Crippen LogP contribution in [0.4, 0.5) is 0 Å². The molecule has 7 nitrogen and oxygen atoms in total. The van der Waals surface area contributed by atoms with E-state index in [1.807, 2.05) is 56.3 Å². The van der Waals surface area contributed by atoms with Gasteiger partial charge in [0.05, 0.1) is 12.2 Å². The highest BCUT2D eigenvalue weighted by Gasteiger charge is 2.11. The van der Waals surface area contributed by atoms with Crippen LogP contribution in [0, 0.1) is 13.8 Å². The summed E-state index contributed by atoms with van der Waals surface area (Å²) in [5.41, 5.74) is 2.89. The minimum absolute atomic E-state index is 0.0653. The number of tetrazole rings is 1. The fraction of sp³-hybridized carbons (Fsp3) is 0.222. The molecule has 0 bridgehead atoms. The maximum absolute atomic E-state index is 12.1. The Morgan fingerprint density at radius 1 is 1.19 bits per heavy atom. The molecule has 2 aromatic carbocycles. The van der Waals surface area contributed by atoms with Crippen LogP contribution in [-0.2, 0) is 11.3 Å². The molecule has 0 aliphatic heterocycles. The lowest BCUT2D eigenvalue weighted by Crippen LogP contribution is -2.29. The number of carbonyl (C=O) groups excluding carboxylic acids is 1. The summed E-state index contributed by atoms with van der Waals surface area (Å²) in [7, 11) is 0. The second-order valence-corrected chi connectivity index (χ2v) is 6.73. The summed E-state index contributed by atoms with van der Waals surface area (Å²) in [5, 5.41) is 14.4. The van der Waals surface area contributed by atoms with Gasteiger partial charge in [-0.2, -0.15) is 4.68 Å². The first kappa shape index (κ1) is 18.1. The monoisotopic (exact) mass is 415 g/mol. The first-order valence-electron chi connectivity index (χ1n) is 8.03. The molecule has 0 saturated heterocycles. The molecule has 0 radical (unpaired) electrons. The second-order valence-electron chi connectivity index (χ2n) is 5.82. The van der Waals surface area contributed by atoms with Gasteiger partial charge < -0.3 is 10.1 Å². The van der Waals surface area contributed by atoms with E-state index in [4.69, 9.17) is 4.74 Å². The Kier molecular flexibility index (Phi) is 5.62. The van der Waals surface area contributed by atoms with Gasteiger partial charge in [-0.05, 0) is 65.7 Å². The number of nitrogens with one attached hydrogen (secondary N) is 1. The number of nitrogens with zero attached hydrogens (tertiary/aromatic N) is 4. The third-order valence-corrected chi connectivity index (χ3v) is 4.28. The Labute approximate surface area is 159 Å². The smallest absolute Gasteiger partial charge is 0.258 e. The Morgan fingerprint density at radius 3 is 2.73 bits per heavy atom. The van der Waals surface area contributed by atoms with E-state index in [1.54, 1.807) is 4.68 Å². The normalized spacial score (nSPS) is 10.6. The van der Waals surface area contributed by atoms with Crippen molar-refractivity contribution in [3.8, 4) is 11.4 Å². The zero-order valence-corrected chi connectivity index (χ0v) is 16.0. The molecule has 1 N–H and O–H groups in total. The Bertz CT molecular complexity index is 908. The summed E-state index contributed by atoms with van der Waals surface area (Å²) in [4.78, 5) is 12.1. The van der Waals surface area contributed by atoms with Gasteiger partial charge in [-0.25, -0.2) is 0 Å². The Morgan fingerprint density at radius 2 is 1.96 bits per heavy atom. The van der Waals surface area contributed by atoms with Gasteiger partial charge in [0.2, 0.25) is 0 Å². The first-order chi connectivity index (χ1) is 12.5. The van der Waals surface area contributed by atoms with Gasteiger partial charge in [-0.1, -0.05) is 28.1 Å². The third-order valence-electron chi connectivity index (χ3n) is 3.75. The molecule has 8 heteroatoms. The largest absolute Gasteiger partial charge is 0.483 e. The van der Waals surface area contributed by atoms with E-state index in [0.29, 0.717) is 11.6 Å². The number of halogens is 1. The van der Waals surface area contributed by atoms with Crippen LogP contribution in [0.1, 0.15) is 17.0 Å². The van der Waals surface area contributed by atoms with Crippen molar-refractivity contribution in [2.75, 3.05) is 6.61 Å². The van der Waals surface area contributed by atoms with E-state index < -0.39 is 0 Å². The standard InChI is InChI=1S/C18H18BrN5O2/c1-12-3-4-13(2)16(9-12)26-11-18(25)20-10-17-21-22-23-24(17)15-7-5-14(19)6-8-15/h3-9H,10-11H2,1-2H3,(H,20,25). The van der Waals surface area contributed by atoms with Crippen molar-refractivity contribution in [1.82, 2.24) is 25.5 Å². The lowest BCUT2D eigenvalue weighted by atomic mass is 10.1. The number of amides is 1. The molecule has 0 aliphatic carbocycles. The topological polar surface area (TPSA) is 81.9 Å². The number of benzene rings is 2. The average Bonchev–Trinajstić information content (AvgIpc) is 3.10. The molecule has 1 heterocycles. The quantitative estimate of drug-likeness (QED) is 0.669. The summed E-state index contributed by atoms with van der Waals surface area (Å²) < 4.78 is 8.15. The molecule has 3 rings (SSSR count). The van der Waals surface area contributed by atoms with Crippen LogP contribution in [0.15, 0.2) is 46.9 Å². The van der Waals surface area contributed by atoms with Gasteiger partial charge >= 0.3 is 0 Å². The maximum atomic E-state index is 12.1. The molecule has 0 fully saturated rings. The highest BCUT2D eigenvalue weighted by atomic mass is 79.9. The molecule has 0 unspecified atom stereocenters. The van der Waals surface area contributed by atoms with Gasteiger partial charge in [0.25, 0.3) is 5.91 Å². The maximum Gasteiger partial charge on any atom is 0.258 e. The third kappa shape index (κ3) is 4.45. The zero-order chi connectivity index (χ0) is 18.5. The van der Waals surface area contributed by atoms with E-state index in [2.05, 4.69) is 36.8 Å². The SMILES string of the molecule is Cc1ccc(C)c(OCC(=O)NCc2nnnn2-c2ccc(Br)cc2)c1. The van der Waals surface area contributed by atoms with Crippen LogP contribution in [0.25, 0.3) is 5.69 Å². The van der Waals surface area contributed by atoms with Crippen LogP contribution in [0.3, 0.4) is 0 Å². The van der Waals surface area contributed by atoms with Gasteiger partial charge in [0, 0.05) is 4.47 Å². The van der Waals surface area contributed by atoms with Crippen molar-refractivity contribution in [3.63, 3.8) is 0 Å². The van der Waals surface area contributed by atoms with Crippen molar-refractivity contribution in [1.29, 1.82) is 0 Å². The van der Waals surface area contributed by atoms with Gasteiger partial charge in [-0.3, -0.25) is 4.79 Å². The molecular weight excluding hydrogens is 398 g/mol. The molecular formula is C18H18BrN5O2. The van der Waals surface area contributed by atoms with Crippen molar-refractivity contribution < 1.29 is 9.53 Å². The predicted octanol–water partition coefficient (Wildman–Crippen LogP) is 2.74. The lowest BCUT2D eigenvalue weighted by molar-refractivity contribution is -0.123. The fourth-order valence-electron chi connectivity index (χ4n) is 2.33. The second kappa shape index (κ2) is 8.09. The van der Waals surface area contributed by atoms with Crippen molar-refractivity contribution >= 4 is 21.8 Å².